The Bertz CT molecular complexity index is 990. The topological polar surface area (TPSA) is 83.1 Å². The molecule has 1 heterocycles. The molecule has 6 nitrogen and oxygen atoms in total. The molecule has 3 aromatic rings. The summed E-state index contributed by atoms with van der Waals surface area (Å²) in [6, 6.07) is 16.8. The van der Waals surface area contributed by atoms with Gasteiger partial charge in [-0.1, -0.05) is 24.3 Å². The van der Waals surface area contributed by atoms with E-state index in [1.54, 1.807) is 48.7 Å². The molecule has 0 bridgehead atoms. The summed E-state index contributed by atoms with van der Waals surface area (Å²) in [6.45, 7) is 1.45. The minimum atomic E-state index is -0.411. The maximum absolute atomic E-state index is 13.6. The molecule has 2 aromatic carbocycles. The molecule has 0 saturated carbocycles. The number of halogens is 1. The van der Waals surface area contributed by atoms with Crippen LogP contribution in [0.5, 0.6) is 0 Å². The number of aromatic nitrogens is 1. The van der Waals surface area contributed by atoms with Crippen LogP contribution in [0, 0.1) is 5.82 Å². The molecule has 0 aliphatic heterocycles. The summed E-state index contributed by atoms with van der Waals surface area (Å²) in [5.41, 5.74) is 2.51. The fourth-order valence-corrected chi connectivity index (χ4v) is 2.59. The highest BCUT2D eigenvalue weighted by Gasteiger charge is 2.08. The number of amides is 2. The Labute approximate surface area is 161 Å². The van der Waals surface area contributed by atoms with Gasteiger partial charge in [0.25, 0.3) is 0 Å². The Morgan fingerprint density at radius 2 is 1.71 bits per heavy atom. The van der Waals surface area contributed by atoms with E-state index in [1.165, 1.54) is 13.0 Å². The normalized spacial score (nSPS) is 10.2. The third-order valence-electron chi connectivity index (χ3n) is 3.81. The van der Waals surface area contributed by atoms with Crippen molar-refractivity contribution in [2.75, 3.05) is 16.0 Å². The van der Waals surface area contributed by atoms with Crippen molar-refractivity contribution in [3.8, 4) is 0 Å². The monoisotopic (exact) mass is 378 g/mol. The standard InChI is InChI=1S/C21H19FN4O2/c1-14(27)24-16-6-4-7-17(12-16)25-18-9-10-20(23-13-18)26-21(28)11-15-5-2-3-8-19(15)22/h2-10,12-13,25H,11H2,1H3,(H,24,27)(H,23,26,28). The smallest absolute Gasteiger partial charge is 0.230 e. The van der Waals surface area contributed by atoms with Gasteiger partial charge < -0.3 is 16.0 Å². The fraction of sp³-hybridized carbons (Fsp3) is 0.0952. The van der Waals surface area contributed by atoms with Gasteiger partial charge in [0.15, 0.2) is 0 Å². The molecule has 0 aliphatic carbocycles. The zero-order chi connectivity index (χ0) is 19.9. The molecular weight excluding hydrogens is 359 g/mol. The van der Waals surface area contributed by atoms with Crippen LogP contribution in [-0.2, 0) is 16.0 Å². The molecule has 142 valence electrons. The first-order valence-electron chi connectivity index (χ1n) is 8.63. The van der Waals surface area contributed by atoms with E-state index in [-0.39, 0.29) is 18.2 Å². The first-order valence-corrected chi connectivity index (χ1v) is 8.63. The first kappa shape index (κ1) is 19.0. The average Bonchev–Trinajstić information content (AvgIpc) is 2.65. The van der Waals surface area contributed by atoms with Crippen LogP contribution in [0.25, 0.3) is 0 Å². The van der Waals surface area contributed by atoms with Gasteiger partial charge in [0.05, 0.1) is 18.3 Å². The van der Waals surface area contributed by atoms with E-state index >= 15 is 0 Å². The lowest BCUT2D eigenvalue weighted by Gasteiger charge is -2.10. The third kappa shape index (κ3) is 5.38. The Hall–Kier alpha value is -3.74. The highest BCUT2D eigenvalue weighted by molar-refractivity contribution is 5.91. The van der Waals surface area contributed by atoms with Crippen LogP contribution >= 0.6 is 0 Å². The number of carbonyl (C=O) groups excluding carboxylic acids is 2. The second kappa shape index (κ2) is 8.77. The lowest BCUT2D eigenvalue weighted by atomic mass is 10.1. The number of pyridine rings is 1. The minimum Gasteiger partial charge on any atom is -0.354 e. The summed E-state index contributed by atoms with van der Waals surface area (Å²) in [6.07, 6.45) is 1.51. The number of carbonyl (C=O) groups is 2. The molecule has 28 heavy (non-hydrogen) atoms. The molecule has 0 fully saturated rings. The summed E-state index contributed by atoms with van der Waals surface area (Å²) in [4.78, 5) is 27.4. The molecule has 3 rings (SSSR count). The van der Waals surface area contributed by atoms with E-state index in [2.05, 4.69) is 20.9 Å². The van der Waals surface area contributed by atoms with Crippen LogP contribution in [0.3, 0.4) is 0 Å². The molecule has 0 saturated heterocycles. The largest absolute Gasteiger partial charge is 0.354 e. The highest BCUT2D eigenvalue weighted by Crippen LogP contribution is 2.20. The van der Waals surface area contributed by atoms with Crippen molar-refractivity contribution in [3.05, 3.63) is 78.2 Å². The van der Waals surface area contributed by atoms with Crippen molar-refractivity contribution in [2.45, 2.75) is 13.3 Å². The molecule has 2 amide bonds. The molecule has 3 N–H and O–H groups in total. The first-order chi connectivity index (χ1) is 13.5. The molecule has 0 atom stereocenters. The fourth-order valence-electron chi connectivity index (χ4n) is 2.59. The number of nitrogens with zero attached hydrogens (tertiary/aromatic N) is 1. The summed E-state index contributed by atoms with van der Waals surface area (Å²) >= 11 is 0. The minimum absolute atomic E-state index is 0.0652. The van der Waals surface area contributed by atoms with Crippen LogP contribution in [0.1, 0.15) is 12.5 Å². The lowest BCUT2D eigenvalue weighted by molar-refractivity contribution is -0.116. The maximum Gasteiger partial charge on any atom is 0.230 e. The predicted molar refractivity (Wildman–Crippen MR) is 107 cm³/mol. The van der Waals surface area contributed by atoms with Gasteiger partial charge >= 0.3 is 0 Å². The second-order valence-electron chi connectivity index (χ2n) is 6.14. The molecule has 0 spiro atoms. The summed E-state index contributed by atoms with van der Waals surface area (Å²) in [5.74, 6) is -0.527. The summed E-state index contributed by atoms with van der Waals surface area (Å²) < 4.78 is 13.6. The van der Waals surface area contributed by atoms with Crippen molar-refractivity contribution in [2.24, 2.45) is 0 Å². The zero-order valence-electron chi connectivity index (χ0n) is 15.2. The number of nitrogens with one attached hydrogen (secondary N) is 3. The van der Waals surface area contributed by atoms with Crippen LogP contribution in [-0.4, -0.2) is 16.8 Å². The Kier molecular flexibility index (Phi) is 5.96. The predicted octanol–water partition coefficient (Wildman–Crippen LogP) is 4.10. The quantitative estimate of drug-likeness (QED) is 0.603. The van der Waals surface area contributed by atoms with Gasteiger partial charge in [-0.05, 0) is 42.0 Å². The number of hydrogen-bond donors (Lipinski definition) is 3. The van der Waals surface area contributed by atoms with Crippen molar-refractivity contribution in [1.82, 2.24) is 4.98 Å². The maximum atomic E-state index is 13.6. The summed E-state index contributed by atoms with van der Waals surface area (Å²) in [5, 5.41) is 8.53. The van der Waals surface area contributed by atoms with Crippen LogP contribution in [0.4, 0.5) is 27.3 Å². The van der Waals surface area contributed by atoms with Gasteiger partial charge in [0.2, 0.25) is 11.8 Å². The summed E-state index contributed by atoms with van der Waals surface area (Å²) in [7, 11) is 0. The van der Waals surface area contributed by atoms with Gasteiger partial charge in [-0.3, -0.25) is 9.59 Å². The van der Waals surface area contributed by atoms with E-state index in [1.807, 2.05) is 12.1 Å². The Balaban J connectivity index is 1.60. The van der Waals surface area contributed by atoms with Gasteiger partial charge in [-0.15, -0.1) is 0 Å². The second-order valence-corrected chi connectivity index (χ2v) is 6.14. The average molecular weight is 378 g/mol. The number of benzene rings is 2. The van der Waals surface area contributed by atoms with Crippen molar-refractivity contribution >= 4 is 34.7 Å². The van der Waals surface area contributed by atoms with E-state index in [0.29, 0.717) is 22.8 Å². The SMILES string of the molecule is CC(=O)Nc1cccc(Nc2ccc(NC(=O)Cc3ccccc3F)nc2)c1. The van der Waals surface area contributed by atoms with Gasteiger partial charge in [0.1, 0.15) is 11.6 Å². The number of rotatable bonds is 6. The van der Waals surface area contributed by atoms with E-state index < -0.39 is 5.82 Å². The van der Waals surface area contributed by atoms with Gasteiger partial charge in [-0.2, -0.15) is 0 Å². The molecular formula is C21H19FN4O2. The van der Waals surface area contributed by atoms with Crippen molar-refractivity contribution in [1.29, 1.82) is 0 Å². The Morgan fingerprint density at radius 1 is 0.929 bits per heavy atom. The van der Waals surface area contributed by atoms with E-state index in [0.717, 1.165) is 5.69 Å². The third-order valence-corrected chi connectivity index (χ3v) is 3.81. The van der Waals surface area contributed by atoms with E-state index in [9.17, 15) is 14.0 Å². The van der Waals surface area contributed by atoms with Crippen LogP contribution < -0.4 is 16.0 Å². The van der Waals surface area contributed by atoms with Gasteiger partial charge in [-0.25, -0.2) is 9.37 Å². The zero-order valence-corrected chi connectivity index (χ0v) is 15.2. The van der Waals surface area contributed by atoms with E-state index in [4.69, 9.17) is 0 Å². The molecule has 0 aliphatic rings. The molecule has 1 aromatic heterocycles. The van der Waals surface area contributed by atoms with Crippen molar-refractivity contribution < 1.29 is 14.0 Å². The number of hydrogen-bond acceptors (Lipinski definition) is 4. The van der Waals surface area contributed by atoms with Crippen LogP contribution in [0.15, 0.2) is 66.9 Å². The number of anilines is 4. The molecule has 7 heteroatoms. The lowest BCUT2D eigenvalue weighted by Crippen LogP contribution is -2.16. The van der Waals surface area contributed by atoms with Crippen molar-refractivity contribution in [3.63, 3.8) is 0 Å². The molecule has 0 radical (unpaired) electrons. The van der Waals surface area contributed by atoms with Gasteiger partial charge in [0, 0.05) is 18.3 Å². The van der Waals surface area contributed by atoms with Crippen LogP contribution in [0.2, 0.25) is 0 Å². The molecule has 0 unspecified atom stereocenters. The Morgan fingerprint density at radius 3 is 2.43 bits per heavy atom. The highest BCUT2D eigenvalue weighted by atomic mass is 19.1.